The van der Waals surface area contributed by atoms with E-state index >= 15 is 0 Å². The molecule has 3 amide bonds. The van der Waals surface area contributed by atoms with Gasteiger partial charge in [0.15, 0.2) is 0 Å². The van der Waals surface area contributed by atoms with Crippen molar-refractivity contribution in [2.24, 2.45) is 5.92 Å². The molecule has 3 unspecified atom stereocenters. The van der Waals surface area contributed by atoms with Gasteiger partial charge in [-0.05, 0) is 37.8 Å². The van der Waals surface area contributed by atoms with Gasteiger partial charge in [0.05, 0.1) is 5.92 Å². The van der Waals surface area contributed by atoms with Crippen molar-refractivity contribution in [1.29, 1.82) is 0 Å². The number of hydrogen-bond acceptors (Lipinski definition) is 2. The van der Waals surface area contributed by atoms with Crippen molar-refractivity contribution in [3.05, 3.63) is 71.3 Å². The van der Waals surface area contributed by atoms with Gasteiger partial charge >= 0.3 is 6.03 Å². The smallest absolute Gasteiger partial charge is 0.317 e. The zero-order valence-electron chi connectivity index (χ0n) is 18.2. The summed E-state index contributed by atoms with van der Waals surface area (Å²) in [6, 6.07) is 18.3. The molecule has 0 bridgehead atoms. The van der Waals surface area contributed by atoms with Crippen LogP contribution in [-0.4, -0.2) is 36.0 Å². The molecule has 30 heavy (non-hydrogen) atoms. The number of rotatable bonds is 6. The molecule has 3 atom stereocenters. The second-order valence-corrected chi connectivity index (χ2v) is 8.41. The molecule has 0 aliphatic carbocycles. The lowest BCUT2D eigenvalue weighted by molar-refractivity contribution is -0.127. The number of carbonyl (C=O) groups is 2. The predicted octanol–water partition coefficient (Wildman–Crippen LogP) is 4.23. The summed E-state index contributed by atoms with van der Waals surface area (Å²) in [5.41, 5.74) is 3.44. The molecule has 160 valence electrons. The minimum atomic E-state index is -0.208. The summed E-state index contributed by atoms with van der Waals surface area (Å²) in [6.45, 7) is 7.70. The minimum absolute atomic E-state index is 0.0440. The SMILES string of the molecule is CCC(C)NC(=O)C1CC(c2cccc(C)c2)CN(C(=O)NCc2ccccc2)C1. The molecule has 3 rings (SSSR count). The van der Waals surface area contributed by atoms with Crippen LogP contribution in [0.15, 0.2) is 54.6 Å². The average Bonchev–Trinajstić information content (AvgIpc) is 2.77. The van der Waals surface area contributed by atoms with Crippen molar-refractivity contribution in [3.8, 4) is 0 Å². The molecule has 2 aromatic carbocycles. The molecular weight excluding hydrogens is 374 g/mol. The van der Waals surface area contributed by atoms with Gasteiger partial charge in [-0.3, -0.25) is 4.79 Å². The standard InChI is InChI=1S/C25H33N3O2/c1-4-19(3)27-24(29)23-14-22(21-12-8-9-18(2)13-21)16-28(17-23)25(30)26-15-20-10-6-5-7-11-20/h5-13,19,22-23H,4,14-17H2,1-3H3,(H,26,30)(H,27,29). The van der Waals surface area contributed by atoms with Gasteiger partial charge in [0.2, 0.25) is 5.91 Å². The Labute approximate surface area is 179 Å². The number of amides is 3. The van der Waals surface area contributed by atoms with Crippen molar-refractivity contribution < 1.29 is 9.59 Å². The van der Waals surface area contributed by atoms with E-state index < -0.39 is 0 Å². The van der Waals surface area contributed by atoms with Crippen LogP contribution in [0.4, 0.5) is 4.79 Å². The van der Waals surface area contributed by atoms with Crippen molar-refractivity contribution >= 4 is 11.9 Å². The fourth-order valence-electron chi connectivity index (χ4n) is 3.97. The molecule has 0 radical (unpaired) electrons. The van der Waals surface area contributed by atoms with E-state index in [-0.39, 0.29) is 29.8 Å². The van der Waals surface area contributed by atoms with E-state index in [1.54, 1.807) is 4.90 Å². The van der Waals surface area contributed by atoms with Gasteiger partial charge in [-0.1, -0.05) is 67.1 Å². The first-order valence-corrected chi connectivity index (χ1v) is 10.9. The van der Waals surface area contributed by atoms with Crippen molar-refractivity contribution in [2.45, 2.75) is 52.1 Å². The minimum Gasteiger partial charge on any atom is -0.353 e. The number of nitrogens with one attached hydrogen (secondary N) is 2. The van der Waals surface area contributed by atoms with Gasteiger partial charge in [0.1, 0.15) is 0 Å². The summed E-state index contributed by atoms with van der Waals surface area (Å²) in [4.78, 5) is 27.6. The van der Waals surface area contributed by atoms with Crippen LogP contribution in [0.5, 0.6) is 0 Å². The number of nitrogens with zero attached hydrogens (tertiary/aromatic N) is 1. The maximum absolute atomic E-state index is 12.9. The number of hydrogen-bond donors (Lipinski definition) is 2. The third kappa shape index (κ3) is 5.85. The molecule has 0 aromatic heterocycles. The highest BCUT2D eigenvalue weighted by molar-refractivity contribution is 5.81. The largest absolute Gasteiger partial charge is 0.353 e. The summed E-state index contributed by atoms with van der Waals surface area (Å²) in [5.74, 6) is -0.0166. The molecule has 5 nitrogen and oxygen atoms in total. The molecule has 1 saturated heterocycles. The fraction of sp³-hybridized carbons (Fsp3) is 0.440. The normalized spacial score (nSPS) is 19.8. The zero-order valence-corrected chi connectivity index (χ0v) is 18.2. The Hall–Kier alpha value is -2.82. The van der Waals surface area contributed by atoms with E-state index in [9.17, 15) is 9.59 Å². The Morgan fingerprint density at radius 1 is 1.10 bits per heavy atom. The summed E-state index contributed by atoms with van der Waals surface area (Å²) in [5, 5.41) is 6.12. The predicted molar refractivity (Wildman–Crippen MR) is 120 cm³/mol. The molecular formula is C25H33N3O2. The molecule has 0 saturated carbocycles. The lowest BCUT2D eigenvalue weighted by atomic mass is 9.83. The monoisotopic (exact) mass is 407 g/mol. The molecule has 5 heteroatoms. The first kappa shape index (κ1) is 21.9. The van der Waals surface area contributed by atoms with E-state index in [2.05, 4.69) is 42.7 Å². The second-order valence-electron chi connectivity index (χ2n) is 8.41. The second kappa shape index (κ2) is 10.3. The van der Waals surface area contributed by atoms with Gasteiger partial charge in [-0.15, -0.1) is 0 Å². The number of aryl methyl sites for hydroxylation is 1. The van der Waals surface area contributed by atoms with Crippen LogP contribution in [0.2, 0.25) is 0 Å². The molecule has 1 fully saturated rings. The lowest BCUT2D eigenvalue weighted by Gasteiger charge is -2.38. The zero-order chi connectivity index (χ0) is 21.5. The number of piperidine rings is 1. The lowest BCUT2D eigenvalue weighted by Crippen LogP contribution is -2.51. The quantitative estimate of drug-likeness (QED) is 0.753. The molecule has 1 aliphatic rings. The van der Waals surface area contributed by atoms with Gasteiger partial charge in [-0.25, -0.2) is 4.79 Å². The number of benzene rings is 2. The molecule has 2 N–H and O–H groups in total. The van der Waals surface area contributed by atoms with Crippen LogP contribution in [0.3, 0.4) is 0 Å². The van der Waals surface area contributed by atoms with E-state index in [1.165, 1.54) is 11.1 Å². The van der Waals surface area contributed by atoms with Crippen LogP contribution < -0.4 is 10.6 Å². The Kier molecular flexibility index (Phi) is 7.50. The van der Waals surface area contributed by atoms with E-state index in [0.29, 0.717) is 19.6 Å². The molecule has 1 heterocycles. The van der Waals surface area contributed by atoms with Gasteiger partial charge in [-0.2, -0.15) is 0 Å². The molecule has 0 spiro atoms. The van der Waals surface area contributed by atoms with Crippen LogP contribution in [-0.2, 0) is 11.3 Å². The maximum atomic E-state index is 12.9. The molecule has 1 aliphatic heterocycles. The van der Waals surface area contributed by atoms with Crippen molar-refractivity contribution in [1.82, 2.24) is 15.5 Å². The number of carbonyl (C=O) groups excluding carboxylic acids is 2. The first-order chi connectivity index (χ1) is 14.5. The van der Waals surface area contributed by atoms with E-state index in [4.69, 9.17) is 0 Å². The summed E-state index contributed by atoms with van der Waals surface area (Å²) < 4.78 is 0. The first-order valence-electron chi connectivity index (χ1n) is 10.9. The van der Waals surface area contributed by atoms with Gasteiger partial charge in [0.25, 0.3) is 0 Å². The topological polar surface area (TPSA) is 61.4 Å². The van der Waals surface area contributed by atoms with E-state index in [0.717, 1.165) is 18.4 Å². The van der Waals surface area contributed by atoms with Crippen molar-refractivity contribution in [3.63, 3.8) is 0 Å². The summed E-state index contributed by atoms with van der Waals surface area (Å²) in [6.07, 6.45) is 1.65. The van der Waals surface area contributed by atoms with Crippen LogP contribution in [0.1, 0.15) is 49.3 Å². The molecule has 2 aromatic rings. The highest BCUT2D eigenvalue weighted by Crippen LogP contribution is 2.31. The van der Waals surface area contributed by atoms with E-state index in [1.807, 2.05) is 43.3 Å². The van der Waals surface area contributed by atoms with Gasteiger partial charge < -0.3 is 15.5 Å². The van der Waals surface area contributed by atoms with Gasteiger partial charge in [0, 0.05) is 31.6 Å². The van der Waals surface area contributed by atoms with Crippen LogP contribution in [0.25, 0.3) is 0 Å². The Morgan fingerprint density at radius 2 is 1.87 bits per heavy atom. The van der Waals surface area contributed by atoms with Crippen LogP contribution >= 0.6 is 0 Å². The Bertz CT molecular complexity index is 852. The third-order valence-electron chi connectivity index (χ3n) is 5.91. The Morgan fingerprint density at radius 3 is 2.57 bits per heavy atom. The highest BCUT2D eigenvalue weighted by Gasteiger charge is 2.34. The van der Waals surface area contributed by atoms with Crippen LogP contribution in [0, 0.1) is 12.8 Å². The summed E-state index contributed by atoms with van der Waals surface area (Å²) in [7, 11) is 0. The maximum Gasteiger partial charge on any atom is 0.317 e. The number of urea groups is 1. The fourth-order valence-corrected chi connectivity index (χ4v) is 3.97. The number of likely N-dealkylation sites (tertiary alicyclic amines) is 1. The Balaban J connectivity index is 1.73. The average molecular weight is 408 g/mol. The van der Waals surface area contributed by atoms with Crippen molar-refractivity contribution in [2.75, 3.05) is 13.1 Å². The summed E-state index contributed by atoms with van der Waals surface area (Å²) >= 11 is 0. The third-order valence-corrected chi connectivity index (χ3v) is 5.91. The highest BCUT2D eigenvalue weighted by atomic mass is 16.2.